The summed E-state index contributed by atoms with van der Waals surface area (Å²) in [6.07, 6.45) is 2.21. The predicted octanol–water partition coefficient (Wildman–Crippen LogP) is 3.63. The Morgan fingerprint density at radius 2 is 1.75 bits per heavy atom. The van der Waals surface area contributed by atoms with E-state index < -0.39 is 6.36 Å². The van der Waals surface area contributed by atoms with Crippen LogP contribution in [0.25, 0.3) is 27.7 Å². The van der Waals surface area contributed by atoms with Gasteiger partial charge in [-0.2, -0.15) is 5.10 Å². The van der Waals surface area contributed by atoms with Crippen LogP contribution >= 0.6 is 0 Å². The van der Waals surface area contributed by atoms with E-state index >= 15 is 0 Å². The van der Waals surface area contributed by atoms with Gasteiger partial charge in [0.15, 0.2) is 0 Å². The molecule has 0 amide bonds. The highest BCUT2D eigenvalue weighted by Gasteiger charge is 2.31. The molecule has 144 valence electrons. The molecule has 3 aromatic heterocycles. The van der Waals surface area contributed by atoms with Crippen molar-refractivity contribution in [2.75, 3.05) is 0 Å². The molecule has 0 unspecified atom stereocenters. The lowest BCUT2D eigenvalue weighted by Gasteiger charge is -2.12. The van der Waals surface area contributed by atoms with Gasteiger partial charge in [0.2, 0.25) is 0 Å². The van der Waals surface area contributed by atoms with Crippen molar-refractivity contribution < 1.29 is 17.9 Å². The molecule has 4 aromatic rings. The van der Waals surface area contributed by atoms with E-state index in [-0.39, 0.29) is 11.3 Å². The number of aryl methyl sites for hydroxylation is 2. The number of alkyl halides is 3. The van der Waals surface area contributed by atoms with E-state index in [1.165, 1.54) is 28.8 Å². The Morgan fingerprint density at radius 1 is 1.04 bits per heavy atom. The second-order valence-electron chi connectivity index (χ2n) is 6.35. The van der Waals surface area contributed by atoms with Crippen molar-refractivity contribution in [3.05, 3.63) is 65.5 Å². The van der Waals surface area contributed by atoms with Crippen LogP contribution < -0.4 is 10.3 Å². The first-order chi connectivity index (χ1) is 13.2. The van der Waals surface area contributed by atoms with Crippen molar-refractivity contribution in [1.82, 2.24) is 18.9 Å². The number of fused-ring (bicyclic) bond motifs is 1. The number of ether oxygens (including phenoxy) is 1. The van der Waals surface area contributed by atoms with Gasteiger partial charge in [-0.1, -0.05) is 0 Å². The molecule has 0 atom stereocenters. The summed E-state index contributed by atoms with van der Waals surface area (Å²) in [6, 6.07) is 7.01. The fourth-order valence-electron chi connectivity index (χ4n) is 3.18. The largest absolute Gasteiger partial charge is 0.573 e. The molecule has 3 heterocycles. The maximum absolute atomic E-state index is 13.0. The zero-order valence-corrected chi connectivity index (χ0v) is 14.9. The van der Waals surface area contributed by atoms with E-state index in [4.69, 9.17) is 0 Å². The van der Waals surface area contributed by atoms with Crippen LogP contribution in [-0.4, -0.2) is 25.3 Å². The highest BCUT2D eigenvalue weighted by atomic mass is 19.4. The Morgan fingerprint density at radius 3 is 2.36 bits per heavy atom. The van der Waals surface area contributed by atoms with Crippen LogP contribution in [0.1, 0.15) is 0 Å². The Hall–Kier alpha value is -3.49. The van der Waals surface area contributed by atoms with Gasteiger partial charge in [0.25, 0.3) is 5.56 Å². The molecule has 0 radical (unpaired) electrons. The van der Waals surface area contributed by atoms with Crippen molar-refractivity contribution in [2.45, 2.75) is 6.36 Å². The summed E-state index contributed by atoms with van der Waals surface area (Å²) in [7, 11) is 3.56. The minimum atomic E-state index is -4.77. The fourth-order valence-corrected chi connectivity index (χ4v) is 3.18. The van der Waals surface area contributed by atoms with Crippen LogP contribution in [0.15, 0.2) is 59.9 Å². The fraction of sp³-hybridized carbons (Fsp3) is 0.158. The van der Waals surface area contributed by atoms with Crippen LogP contribution in [-0.2, 0) is 14.1 Å². The SMILES string of the molecule is Cn1cc(-c2cn(-c3ccc(OC(F)(F)F)cc3)c(=O)c3c2ccn3C)cn1. The monoisotopic (exact) mass is 388 g/mol. The third-order valence-corrected chi connectivity index (χ3v) is 4.41. The van der Waals surface area contributed by atoms with Crippen LogP contribution in [0.3, 0.4) is 0 Å². The number of rotatable bonds is 3. The molecule has 0 fully saturated rings. The van der Waals surface area contributed by atoms with E-state index in [1.807, 2.05) is 12.3 Å². The molecule has 0 N–H and O–H groups in total. The van der Waals surface area contributed by atoms with Crippen LogP contribution in [0.5, 0.6) is 5.75 Å². The molecule has 6 nitrogen and oxygen atoms in total. The number of aromatic nitrogens is 4. The summed E-state index contributed by atoms with van der Waals surface area (Å²) in [5, 5.41) is 4.95. The van der Waals surface area contributed by atoms with Gasteiger partial charge in [-0.25, -0.2) is 0 Å². The number of hydrogen-bond acceptors (Lipinski definition) is 3. The Kier molecular flexibility index (Phi) is 4.02. The summed E-state index contributed by atoms with van der Waals surface area (Å²) in [5.41, 5.74) is 2.24. The minimum absolute atomic E-state index is 0.278. The number of pyridine rings is 1. The smallest absolute Gasteiger partial charge is 0.406 e. The molecular formula is C19H15F3N4O2. The first kappa shape index (κ1) is 17.9. The van der Waals surface area contributed by atoms with Gasteiger partial charge in [-0.05, 0) is 30.3 Å². The molecule has 0 aliphatic rings. The van der Waals surface area contributed by atoms with Gasteiger partial charge < -0.3 is 9.30 Å². The lowest BCUT2D eigenvalue weighted by molar-refractivity contribution is -0.274. The van der Waals surface area contributed by atoms with E-state index in [1.54, 1.807) is 41.9 Å². The maximum Gasteiger partial charge on any atom is 0.573 e. The maximum atomic E-state index is 13.0. The first-order valence-electron chi connectivity index (χ1n) is 8.29. The van der Waals surface area contributed by atoms with Crippen molar-refractivity contribution in [3.63, 3.8) is 0 Å². The first-order valence-corrected chi connectivity index (χ1v) is 8.29. The van der Waals surface area contributed by atoms with Gasteiger partial charge >= 0.3 is 6.36 Å². The Labute approximate surface area is 157 Å². The van der Waals surface area contributed by atoms with Crippen LogP contribution in [0, 0.1) is 0 Å². The van der Waals surface area contributed by atoms with Crippen molar-refractivity contribution in [3.8, 4) is 22.6 Å². The molecule has 0 aliphatic heterocycles. The number of halogens is 3. The van der Waals surface area contributed by atoms with E-state index in [9.17, 15) is 18.0 Å². The third kappa shape index (κ3) is 3.15. The zero-order valence-electron chi connectivity index (χ0n) is 14.9. The average Bonchev–Trinajstić information content (AvgIpc) is 3.22. The molecule has 1 aromatic carbocycles. The topological polar surface area (TPSA) is 54.0 Å². The summed E-state index contributed by atoms with van der Waals surface area (Å²) in [4.78, 5) is 13.0. The van der Waals surface area contributed by atoms with Gasteiger partial charge in [0.1, 0.15) is 11.3 Å². The van der Waals surface area contributed by atoms with Crippen molar-refractivity contribution in [2.24, 2.45) is 14.1 Å². The van der Waals surface area contributed by atoms with Gasteiger partial charge in [-0.15, -0.1) is 13.2 Å². The normalized spacial score (nSPS) is 11.9. The van der Waals surface area contributed by atoms with Crippen molar-refractivity contribution >= 4 is 10.9 Å². The molecule has 0 bridgehead atoms. The Balaban J connectivity index is 1.89. The van der Waals surface area contributed by atoms with E-state index in [0.717, 1.165) is 16.5 Å². The summed E-state index contributed by atoms with van der Waals surface area (Å²) < 4.78 is 45.8. The molecule has 0 saturated heterocycles. The number of benzene rings is 1. The highest BCUT2D eigenvalue weighted by Crippen LogP contribution is 2.29. The third-order valence-electron chi connectivity index (χ3n) is 4.41. The molecule has 28 heavy (non-hydrogen) atoms. The number of hydrogen-bond donors (Lipinski definition) is 0. The number of nitrogens with zero attached hydrogens (tertiary/aromatic N) is 4. The lowest BCUT2D eigenvalue weighted by Crippen LogP contribution is -2.20. The van der Waals surface area contributed by atoms with Gasteiger partial charge in [0, 0.05) is 54.9 Å². The summed E-state index contributed by atoms with van der Waals surface area (Å²) >= 11 is 0. The lowest BCUT2D eigenvalue weighted by atomic mass is 10.1. The quantitative estimate of drug-likeness (QED) is 0.539. The van der Waals surface area contributed by atoms with Crippen LogP contribution in [0.2, 0.25) is 0 Å². The molecule has 0 aliphatic carbocycles. The molecule has 4 rings (SSSR count). The standard InChI is InChI=1S/C19H15F3N4O2/c1-24-8-7-15-16(12-9-23-25(2)10-12)11-26(18(27)17(15)24)13-3-5-14(6-4-13)28-19(20,21)22/h3-11H,1-2H3. The highest BCUT2D eigenvalue weighted by molar-refractivity contribution is 5.94. The minimum Gasteiger partial charge on any atom is -0.406 e. The van der Waals surface area contributed by atoms with E-state index in [0.29, 0.717) is 11.2 Å². The van der Waals surface area contributed by atoms with Gasteiger partial charge in [-0.3, -0.25) is 14.0 Å². The molecule has 0 saturated carbocycles. The Bertz CT molecular complexity index is 1220. The molecule has 0 spiro atoms. The summed E-state index contributed by atoms with van der Waals surface area (Å²) in [5.74, 6) is -0.350. The van der Waals surface area contributed by atoms with Crippen LogP contribution in [0.4, 0.5) is 13.2 Å². The molecular weight excluding hydrogens is 373 g/mol. The predicted molar refractivity (Wildman–Crippen MR) is 97.4 cm³/mol. The average molecular weight is 388 g/mol. The van der Waals surface area contributed by atoms with E-state index in [2.05, 4.69) is 9.84 Å². The molecule has 9 heteroatoms. The zero-order chi connectivity index (χ0) is 20.1. The summed E-state index contributed by atoms with van der Waals surface area (Å²) in [6.45, 7) is 0. The second kappa shape index (κ2) is 6.29. The van der Waals surface area contributed by atoms with Gasteiger partial charge in [0.05, 0.1) is 6.20 Å². The van der Waals surface area contributed by atoms with Crippen molar-refractivity contribution in [1.29, 1.82) is 0 Å². The second-order valence-corrected chi connectivity index (χ2v) is 6.35.